The maximum Gasteiger partial charge on any atom is 0.131 e. The van der Waals surface area contributed by atoms with Crippen LogP contribution in [0.3, 0.4) is 0 Å². The van der Waals surface area contributed by atoms with Gasteiger partial charge in [-0.1, -0.05) is 20.8 Å². The maximum absolute atomic E-state index is 4.91. The van der Waals surface area contributed by atoms with Gasteiger partial charge >= 0.3 is 0 Å². The molecule has 1 N–H and O–H groups in total. The van der Waals surface area contributed by atoms with Crippen molar-refractivity contribution in [2.45, 2.75) is 44.9 Å². The van der Waals surface area contributed by atoms with Crippen LogP contribution >= 0.6 is 0 Å². The first-order chi connectivity index (χ1) is 9.05. The molecule has 1 saturated carbocycles. The summed E-state index contributed by atoms with van der Waals surface area (Å²) < 4.78 is 0. The van der Waals surface area contributed by atoms with Gasteiger partial charge in [0.1, 0.15) is 5.82 Å². The second-order valence-electron chi connectivity index (χ2n) is 6.72. The smallest absolute Gasteiger partial charge is 0.131 e. The Bertz CT molecular complexity index is 454. The van der Waals surface area contributed by atoms with E-state index < -0.39 is 0 Å². The summed E-state index contributed by atoms with van der Waals surface area (Å²) >= 11 is 0. The first-order valence-electron chi connectivity index (χ1n) is 7.39. The molecule has 104 valence electrons. The van der Waals surface area contributed by atoms with Crippen LogP contribution in [0.1, 0.15) is 51.0 Å². The first kappa shape index (κ1) is 12.9. The summed E-state index contributed by atoms with van der Waals surface area (Å²) in [5, 5.41) is 3.40. The van der Waals surface area contributed by atoms with E-state index in [4.69, 9.17) is 4.98 Å². The number of rotatable bonds is 2. The van der Waals surface area contributed by atoms with E-state index in [9.17, 15) is 0 Å². The van der Waals surface area contributed by atoms with Gasteiger partial charge < -0.3 is 10.2 Å². The molecule has 0 amide bonds. The highest BCUT2D eigenvalue weighted by Crippen LogP contribution is 2.40. The lowest BCUT2D eigenvalue weighted by atomic mass is 9.90. The summed E-state index contributed by atoms with van der Waals surface area (Å²) in [6.07, 6.45) is 4.58. The third-order valence-electron chi connectivity index (χ3n) is 3.90. The summed E-state index contributed by atoms with van der Waals surface area (Å²) in [5.41, 5.74) is 2.52. The highest BCUT2D eigenvalue weighted by Gasteiger charge is 2.30. The Balaban J connectivity index is 1.97. The van der Waals surface area contributed by atoms with Gasteiger partial charge in [-0.2, -0.15) is 0 Å². The van der Waals surface area contributed by atoms with Crippen molar-refractivity contribution in [2.24, 2.45) is 0 Å². The Kier molecular flexibility index (Phi) is 3.21. The van der Waals surface area contributed by atoms with Crippen molar-refractivity contribution < 1.29 is 0 Å². The normalized spacial score (nSPS) is 20.7. The van der Waals surface area contributed by atoms with Crippen molar-refractivity contribution in [3.05, 3.63) is 17.7 Å². The van der Waals surface area contributed by atoms with E-state index in [0.717, 1.165) is 32.0 Å². The van der Waals surface area contributed by atoms with Gasteiger partial charge in [-0.15, -0.1) is 0 Å². The van der Waals surface area contributed by atoms with E-state index in [1.54, 1.807) is 0 Å². The fourth-order valence-electron chi connectivity index (χ4n) is 2.62. The summed E-state index contributed by atoms with van der Waals surface area (Å²) in [4.78, 5) is 11.9. The molecular weight excluding hydrogens is 236 g/mol. The Labute approximate surface area is 115 Å². The van der Waals surface area contributed by atoms with Crippen molar-refractivity contribution in [3.63, 3.8) is 0 Å². The molecule has 4 heteroatoms. The molecule has 0 atom stereocenters. The minimum atomic E-state index is 0.0762. The number of nitrogens with one attached hydrogen (secondary N) is 1. The van der Waals surface area contributed by atoms with Gasteiger partial charge in [0, 0.05) is 37.5 Å². The molecule has 2 fully saturated rings. The van der Waals surface area contributed by atoms with Gasteiger partial charge in [-0.05, 0) is 12.8 Å². The topological polar surface area (TPSA) is 41.1 Å². The summed E-state index contributed by atoms with van der Waals surface area (Å²) in [6, 6.07) is 0. The summed E-state index contributed by atoms with van der Waals surface area (Å²) in [5.74, 6) is 1.68. The third-order valence-corrected chi connectivity index (χ3v) is 3.90. The van der Waals surface area contributed by atoms with E-state index in [2.05, 4.69) is 42.2 Å². The van der Waals surface area contributed by atoms with E-state index in [1.807, 2.05) is 0 Å². The number of anilines is 1. The average molecular weight is 260 g/mol. The van der Waals surface area contributed by atoms with E-state index >= 15 is 0 Å². The Hall–Kier alpha value is -1.16. The fourth-order valence-corrected chi connectivity index (χ4v) is 2.62. The van der Waals surface area contributed by atoms with Crippen molar-refractivity contribution in [1.29, 1.82) is 0 Å². The van der Waals surface area contributed by atoms with Crippen molar-refractivity contribution in [3.8, 4) is 0 Å². The van der Waals surface area contributed by atoms with Crippen LogP contribution in [0.25, 0.3) is 0 Å². The number of nitrogens with zero attached hydrogens (tertiary/aromatic N) is 3. The van der Waals surface area contributed by atoms with Crippen LogP contribution in [0.15, 0.2) is 6.20 Å². The molecule has 1 saturated heterocycles. The van der Waals surface area contributed by atoms with Crippen LogP contribution in [-0.4, -0.2) is 36.1 Å². The Morgan fingerprint density at radius 2 is 1.89 bits per heavy atom. The van der Waals surface area contributed by atoms with Crippen LogP contribution in [0.4, 0.5) is 5.69 Å². The second kappa shape index (κ2) is 4.75. The van der Waals surface area contributed by atoms with Crippen LogP contribution in [0.5, 0.6) is 0 Å². The minimum Gasteiger partial charge on any atom is -0.366 e. The van der Waals surface area contributed by atoms with E-state index in [0.29, 0.717) is 5.92 Å². The molecule has 0 spiro atoms. The molecule has 1 aliphatic carbocycles. The standard InChI is InChI=1S/C15H24N4/c1-15(2,3)13-12(19-8-6-16-7-9-19)10-17-14(18-13)11-4-5-11/h10-11,16H,4-9H2,1-3H3. The van der Waals surface area contributed by atoms with Gasteiger partial charge in [0.15, 0.2) is 0 Å². The van der Waals surface area contributed by atoms with Gasteiger partial charge in [0.2, 0.25) is 0 Å². The van der Waals surface area contributed by atoms with Crippen molar-refractivity contribution in [1.82, 2.24) is 15.3 Å². The second-order valence-corrected chi connectivity index (χ2v) is 6.72. The highest BCUT2D eigenvalue weighted by molar-refractivity contribution is 5.52. The number of aromatic nitrogens is 2. The number of hydrogen-bond acceptors (Lipinski definition) is 4. The number of piperazine rings is 1. The quantitative estimate of drug-likeness (QED) is 0.883. The molecule has 0 bridgehead atoms. The van der Waals surface area contributed by atoms with Crippen LogP contribution in [0.2, 0.25) is 0 Å². The predicted octanol–water partition coefficient (Wildman–Crippen LogP) is 2.06. The summed E-state index contributed by atoms with van der Waals surface area (Å²) in [6.45, 7) is 10.9. The van der Waals surface area contributed by atoms with E-state index in [-0.39, 0.29) is 5.41 Å². The molecule has 1 aliphatic heterocycles. The predicted molar refractivity (Wildman–Crippen MR) is 77.8 cm³/mol. The lowest BCUT2D eigenvalue weighted by Gasteiger charge is -2.33. The Morgan fingerprint density at radius 1 is 1.21 bits per heavy atom. The zero-order valence-electron chi connectivity index (χ0n) is 12.2. The highest BCUT2D eigenvalue weighted by atomic mass is 15.2. The molecule has 0 aromatic carbocycles. The average Bonchev–Trinajstić information content (AvgIpc) is 3.22. The van der Waals surface area contributed by atoms with Gasteiger partial charge in [0.05, 0.1) is 17.6 Å². The lowest BCUT2D eigenvalue weighted by Crippen LogP contribution is -2.44. The van der Waals surface area contributed by atoms with E-state index in [1.165, 1.54) is 24.2 Å². The molecule has 19 heavy (non-hydrogen) atoms. The maximum atomic E-state index is 4.91. The lowest BCUT2D eigenvalue weighted by molar-refractivity contribution is 0.543. The molecule has 0 radical (unpaired) electrons. The van der Waals surface area contributed by atoms with Gasteiger partial charge in [0.25, 0.3) is 0 Å². The van der Waals surface area contributed by atoms with Gasteiger partial charge in [-0.25, -0.2) is 9.97 Å². The Morgan fingerprint density at radius 3 is 2.47 bits per heavy atom. The molecule has 1 aromatic heterocycles. The monoisotopic (exact) mass is 260 g/mol. The zero-order chi connectivity index (χ0) is 13.5. The largest absolute Gasteiger partial charge is 0.366 e. The molecule has 3 rings (SSSR count). The molecular formula is C15H24N4. The minimum absolute atomic E-state index is 0.0762. The SMILES string of the molecule is CC(C)(C)c1nc(C2CC2)ncc1N1CCNCC1. The summed E-state index contributed by atoms with van der Waals surface area (Å²) in [7, 11) is 0. The van der Waals surface area contributed by atoms with Gasteiger partial charge in [-0.3, -0.25) is 0 Å². The number of hydrogen-bond donors (Lipinski definition) is 1. The van der Waals surface area contributed by atoms with Crippen molar-refractivity contribution >= 4 is 5.69 Å². The van der Waals surface area contributed by atoms with Crippen LogP contribution in [0, 0.1) is 0 Å². The van der Waals surface area contributed by atoms with Crippen LogP contribution < -0.4 is 10.2 Å². The van der Waals surface area contributed by atoms with Crippen LogP contribution in [-0.2, 0) is 5.41 Å². The fraction of sp³-hybridized carbons (Fsp3) is 0.733. The van der Waals surface area contributed by atoms with Crippen molar-refractivity contribution in [2.75, 3.05) is 31.1 Å². The zero-order valence-corrected chi connectivity index (χ0v) is 12.2. The third kappa shape index (κ3) is 2.73. The first-order valence-corrected chi connectivity index (χ1v) is 7.39. The molecule has 0 unspecified atom stereocenters. The molecule has 1 aromatic rings. The molecule has 4 nitrogen and oxygen atoms in total. The molecule has 2 aliphatic rings. The molecule has 2 heterocycles.